The van der Waals surface area contributed by atoms with Crippen molar-refractivity contribution in [1.29, 1.82) is 0 Å². The fraction of sp³-hybridized carbons (Fsp3) is 0.500. The molecular formula is C12H16BrClS. The van der Waals surface area contributed by atoms with Crippen LogP contribution in [0.25, 0.3) is 0 Å². The molecule has 0 aromatic heterocycles. The third-order valence-corrected chi connectivity index (χ3v) is 3.93. The van der Waals surface area contributed by atoms with Crippen LogP contribution in [0.3, 0.4) is 0 Å². The molecule has 1 rings (SSSR count). The fourth-order valence-corrected chi connectivity index (χ4v) is 3.01. The first-order valence-electron chi connectivity index (χ1n) is 5.27. The summed E-state index contributed by atoms with van der Waals surface area (Å²) in [6.07, 6.45) is 5.01. The Hall–Kier alpha value is 0.340. The van der Waals surface area contributed by atoms with Crippen molar-refractivity contribution in [3.63, 3.8) is 0 Å². The first kappa shape index (κ1) is 13.4. The Bertz CT molecular complexity index is 278. The van der Waals surface area contributed by atoms with Crippen molar-refractivity contribution in [1.82, 2.24) is 0 Å². The molecule has 0 aliphatic carbocycles. The van der Waals surface area contributed by atoms with Gasteiger partial charge in [-0.05, 0) is 36.8 Å². The second-order valence-electron chi connectivity index (χ2n) is 3.41. The predicted octanol–water partition coefficient (Wildman–Crippen LogP) is 5.34. The van der Waals surface area contributed by atoms with Crippen molar-refractivity contribution in [2.24, 2.45) is 0 Å². The minimum atomic E-state index is 0.804. The zero-order valence-electron chi connectivity index (χ0n) is 8.72. The molecule has 0 N–H and O–H groups in total. The summed E-state index contributed by atoms with van der Waals surface area (Å²) >= 11 is 11.0. The van der Waals surface area contributed by atoms with E-state index in [2.05, 4.69) is 40.2 Å². The maximum Gasteiger partial charge on any atom is 0.0223 e. The standard InChI is InChI=1S/C12H16BrClS/c13-11-6-5-7-12(10-11)15-9-4-2-1-3-8-14/h5-7,10H,1-4,8-9H2. The van der Waals surface area contributed by atoms with Gasteiger partial charge >= 0.3 is 0 Å². The lowest BCUT2D eigenvalue weighted by molar-refractivity contribution is 0.709. The summed E-state index contributed by atoms with van der Waals surface area (Å²) in [5.74, 6) is 2.01. The first-order valence-corrected chi connectivity index (χ1v) is 7.58. The predicted molar refractivity (Wildman–Crippen MR) is 74.1 cm³/mol. The summed E-state index contributed by atoms with van der Waals surface area (Å²) < 4.78 is 1.16. The number of thioether (sulfide) groups is 1. The molecule has 0 atom stereocenters. The molecule has 3 heteroatoms. The average molecular weight is 308 g/mol. The lowest BCUT2D eigenvalue weighted by atomic mass is 10.2. The lowest BCUT2D eigenvalue weighted by Crippen LogP contribution is -1.83. The van der Waals surface area contributed by atoms with Gasteiger partial charge in [0.05, 0.1) is 0 Å². The smallest absolute Gasteiger partial charge is 0.0223 e. The van der Waals surface area contributed by atoms with E-state index >= 15 is 0 Å². The molecule has 0 radical (unpaired) electrons. The summed E-state index contributed by atoms with van der Waals surface area (Å²) in [4.78, 5) is 1.35. The summed E-state index contributed by atoms with van der Waals surface area (Å²) in [7, 11) is 0. The van der Waals surface area contributed by atoms with E-state index in [1.165, 1.54) is 29.9 Å². The van der Waals surface area contributed by atoms with E-state index in [0.717, 1.165) is 16.8 Å². The molecule has 15 heavy (non-hydrogen) atoms. The van der Waals surface area contributed by atoms with Gasteiger partial charge in [-0.1, -0.05) is 34.8 Å². The van der Waals surface area contributed by atoms with Gasteiger partial charge in [0.2, 0.25) is 0 Å². The quantitative estimate of drug-likeness (QED) is 0.372. The van der Waals surface area contributed by atoms with Crippen molar-refractivity contribution in [2.75, 3.05) is 11.6 Å². The SMILES string of the molecule is ClCCCCCCSc1cccc(Br)c1. The number of hydrogen-bond acceptors (Lipinski definition) is 1. The molecule has 0 aliphatic rings. The Kier molecular flexibility index (Phi) is 7.58. The van der Waals surface area contributed by atoms with Crippen LogP contribution in [0.15, 0.2) is 33.6 Å². The van der Waals surface area contributed by atoms with Crippen LogP contribution in [0.2, 0.25) is 0 Å². The van der Waals surface area contributed by atoms with Crippen LogP contribution in [0.4, 0.5) is 0 Å². The Morgan fingerprint density at radius 2 is 1.93 bits per heavy atom. The van der Waals surface area contributed by atoms with Gasteiger partial charge in [0.15, 0.2) is 0 Å². The fourth-order valence-electron chi connectivity index (χ4n) is 1.30. The maximum atomic E-state index is 5.62. The number of unbranched alkanes of at least 4 members (excludes halogenated alkanes) is 3. The second-order valence-corrected chi connectivity index (χ2v) is 5.87. The van der Waals surface area contributed by atoms with Crippen molar-refractivity contribution in [3.05, 3.63) is 28.7 Å². The highest BCUT2D eigenvalue weighted by atomic mass is 79.9. The summed E-state index contributed by atoms with van der Waals surface area (Å²) in [6.45, 7) is 0. The molecule has 0 amide bonds. The summed E-state index contributed by atoms with van der Waals surface area (Å²) in [5, 5.41) is 0. The maximum absolute atomic E-state index is 5.62. The molecule has 0 fully saturated rings. The third kappa shape index (κ3) is 6.49. The highest BCUT2D eigenvalue weighted by Crippen LogP contribution is 2.23. The minimum absolute atomic E-state index is 0.804. The topological polar surface area (TPSA) is 0 Å². The summed E-state index contributed by atoms with van der Waals surface area (Å²) in [5.41, 5.74) is 0. The molecule has 84 valence electrons. The van der Waals surface area contributed by atoms with Gasteiger partial charge in [0.1, 0.15) is 0 Å². The van der Waals surface area contributed by atoms with Gasteiger partial charge in [0, 0.05) is 15.2 Å². The van der Waals surface area contributed by atoms with Crippen LogP contribution < -0.4 is 0 Å². The van der Waals surface area contributed by atoms with Crippen LogP contribution in [-0.2, 0) is 0 Å². The molecule has 0 aliphatic heterocycles. The van der Waals surface area contributed by atoms with Gasteiger partial charge in [-0.15, -0.1) is 23.4 Å². The molecule has 0 spiro atoms. The lowest BCUT2D eigenvalue weighted by Gasteiger charge is -2.02. The van der Waals surface area contributed by atoms with Crippen molar-refractivity contribution in [2.45, 2.75) is 30.6 Å². The van der Waals surface area contributed by atoms with Gasteiger partial charge in [-0.25, -0.2) is 0 Å². The van der Waals surface area contributed by atoms with Crippen LogP contribution in [0.5, 0.6) is 0 Å². The van der Waals surface area contributed by atoms with E-state index in [1.807, 2.05) is 11.8 Å². The van der Waals surface area contributed by atoms with Crippen molar-refractivity contribution < 1.29 is 0 Å². The highest BCUT2D eigenvalue weighted by molar-refractivity contribution is 9.10. The Balaban J connectivity index is 2.10. The van der Waals surface area contributed by atoms with Gasteiger partial charge in [-0.3, -0.25) is 0 Å². The second kappa shape index (κ2) is 8.49. The highest BCUT2D eigenvalue weighted by Gasteiger charge is 1.95. The number of benzene rings is 1. The van der Waals surface area contributed by atoms with Crippen LogP contribution in [0.1, 0.15) is 25.7 Å². The third-order valence-electron chi connectivity index (χ3n) is 2.09. The van der Waals surface area contributed by atoms with E-state index in [4.69, 9.17) is 11.6 Å². The molecule has 0 heterocycles. The van der Waals surface area contributed by atoms with E-state index < -0.39 is 0 Å². The van der Waals surface area contributed by atoms with E-state index in [0.29, 0.717) is 0 Å². The van der Waals surface area contributed by atoms with Crippen molar-refractivity contribution in [3.8, 4) is 0 Å². The largest absolute Gasteiger partial charge is 0.127 e. The first-order chi connectivity index (χ1) is 7.33. The average Bonchev–Trinajstić information content (AvgIpc) is 2.23. The molecular weight excluding hydrogens is 292 g/mol. The molecule has 0 nitrogen and oxygen atoms in total. The number of rotatable bonds is 7. The summed E-state index contributed by atoms with van der Waals surface area (Å²) in [6, 6.07) is 8.47. The Morgan fingerprint density at radius 1 is 1.13 bits per heavy atom. The van der Waals surface area contributed by atoms with Crippen LogP contribution in [-0.4, -0.2) is 11.6 Å². The Morgan fingerprint density at radius 3 is 2.67 bits per heavy atom. The van der Waals surface area contributed by atoms with Gasteiger partial charge < -0.3 is 0 Å². The van der Waals surface area contributed by atoms with Crippen molar-refractivity contribution >= 4 is 39.3 Å². The van der Waals surface area contributed by atoms with Crippen LogP contribution in [0, 0.1) is 0 Å². The van der Waals surface area contributed by atoms with Crippen LogP contribution >= 0.6 is 39.3 Å². The zero-order valence-corrected chi connectivity index (χ0v) is 11.9. The molecule has 0 unspecified atom stereocenters. The van der Waals surface area contributed by atoms with E-state index in [-0.39, 0.29) is 0 Å². The molecule has 0 saturated heterocycles. The number of alkyl halides is 1. The normalized spacial score (nSPS) is 10.5. The van der Waals surface area contributed by atoms with Gasteiger partial charge in [0.25, 0.3) is 0 Å². The molecule has 0 saturated carbocycles. The number of hydrogen-bond donors (Lipinski definition) is 0. The molecule has 1 aromatic rings. The molecule has 1 aromatic carbocycles. The van der Waals surface area contributed by atoms with Gasteiger partial charge in [-0.2, -0.15) is 0 Å². The number of halogens is 2. The minimum Gasteiger partial charge on any atom is -0.127 e. The molecule has 0 bridgehead atoms. The monoisotopic (exact) mass is 306 g/mol. The van der Waals surface area contributed by atoms with E-state index in [1.54, 1.807) is 0 Å². The van der Waals surface area contributed by atoms with E-state index in [9.17, 15) is 0 Å². The zero-order chi connectivity index (χ0) is 10.9. The Labute approximate surface area is 110 Å².